The van der Waals surface area contributed by atoms with E-state index >= 15 is 0 Å². The first-order valence-electron chi connectivity index (χ1n) is 19.4. The summed E-state index contributed by atoms with van der Waals surface area (Å²) in [6.07, 6.45) is 19.7. The van der Waals surface area contributed by atoms with E-state index in [-0.39, 0.29) is 30.4 Å². The molecule has 6 atom stereocenters. The summed E-state index contributed by atoms with van der Waals surface area (Å²) in [5, 5.41) is 23.0. The maximum Gasteiger partial charge on any atom is 0.352 e. The van der Waals surface area contributed by atoms with Crippen LogP contribution in [0.3, 0.4) is 0 Å². The number of rotatable bonds is 20. The number of aliphatic hydroxyl groups is 1. The van der Waals surface area contributed by atoms with Gasteiger partial charge in [-0.05, 0) is 90.1 Å². The van der Waals surface area contributed by atoms with Crippen LogP contribution in [0.4, 0.5) is 0 Å². The van der Waals surface area contributed by atoms with Crippen LogP contribution in [0.25, 0.3) is 0 Å². The number of likely N-dealkylation sites (tertiary alicyclic amines) is 1. The highest BCUT2D eigenvalue weighted by Gasteiger charge is 2.72. The molecule has 1 aromatic rings. The molecule has 2 aliphatic heterocycles. The minimum Gasteiger partial charge on any atom is -0.504 e. The number of unbranched alkanes of at least 4 members (excludes halogenated alkanes) is 11. The van der Waals surface area contributed by atoms with Crippen LogP contribution in [0.1, 0.15) is 135 Å². The molecule has 1 spiro atoms. The van der Waals surface area contributed by atoms with E-state index < -0.39 is 47.2 Å². The second-order valence-corrected chi connectivity index (χ2v) is 15.1. The molecule has 2 N–H and O–H groups in total. The van der Waals surface area contributed by atoms with Crippen LogP contribution in [-0.2, 0) is 40.4 Å². The van der Waals surface area contributed by atoms with Crippen molar-refractivity contribution in [1.82, 2.24) is 4.90 Å². The van der Waals surface area contributed by atoms with Crippen molar-refractivity contribution in [3.05, 3.63) is 47.2 Å². The van der Waals surface area contributed by atoms with Crippen molar-refractivity contribution in [2.45, 2.75) is 165 Å². The first kappa shape index (κ1) is 38.9. The third kappa shape index (κ3) is 8.32. The average molecular weight is 710 g/mol. The van der Waals surface area contributed by atoms with Gasteiger partial charge in [-0.2, -0.15) is 0 Å². The Hall–Kier alpha value is -3.37. The number of benzene rings is 1. The van der Waals surface area contributed by atoms with Gasteiger partial charge in [0.25, 0.3) is 0 Å². The van der Waals surface area contributed by atoms with Gasteiger partial charge in [-0.1, -0.05) is 76.5 Å². The molecule has 1 fully saturated rings. The molecule has 0 saturated carbocycles. The van der Waals surface area contributed by atoms with Crippen LogP contribution >= 0.6 is 0 Å². The number of phenolic OH excluding ortho intramolecular Hbond substituents is 1. The van der Waals surface area contributed by atoms with Gasteiger partial charge < -0.3 is 34.1 Å². The van der Waals surface area contributed by atoms with E-state index in [0.717, 1.165) is 43.2 Å². The number of carbonyl (C=O) groups is 3. The Kier molecular flexibility index (Phi) is 13.3. The lowest BCUT2D eigenvalue weighted by atomic mass is 9.50. The largest absolute Gasteiger partial charge is 0.504 e. The summed E-state index contributed by atoms with van der Waals surface area (Å²) >= 11 is 0. The topological polar surface area (TPSA) is 132 Å². The highest BCUT2D eigenvalue weighted by atomic mass is 16.6. The molecule has 282 valence electrons. The summed E-state index contributed by atoms with van der Waals surface area (Å²) in [6.45, 7) is 5.77. The predicted molar refractivity (Wildman–Crippen MR) is 193 cm³/mol. The lowest BCUT2D eigenvalue weighted by Crippen LogP contribution is -2.74. The van der Waals surface area contributed by atoms with Gasteiger partial charge in [0.15, 0.2) is 29.8 Å². The number of nitrogens with zero attached hydrogens (tertiary/aromatic N) is 1. The molecular formula is C41H59NO9. The van der Waals surface area contributed by atoms with E-state index in [1.165, 1.54) is 58.8 Å². The molecule has 0 amide bonds. The molecule has 51 heavy (non-hydrogen) atoms. The summed E-state index contributed by atoms with van der Waals surface area (Å²) in [5.41, 5.74) is -0.295. The Morgan fingerprint density at radius 1 is 0.941 bits per heavy atom. The van der Waals surface area contributed by atoms with Gasteiger partial charge in [-0.25, -0.2) is 9.59 Å². The number of likely N-dealkylation sites (N-methyl/N-ethyl adjacent to an activating group) is 1. The molecule has 4 aliphatic rings. The number of esters is 3. The second kappa shape index (κ2) is 17.4. The molecule has 2 unspecified atom stereocenters. The van der Waals surface area contributed by atoms with Gasteiger partial charge in [-0.3, -0.25) is 4.79 Å². The Bertz CT molecular complexity index is 1450. The molecule has 5 rings (SSSR count). The molecule has 2 heterocycles. The van der Waals surface area contributed by atoms with Crippen LogP contribution in [0.5, 0.6) is 11.5 Å². The number of hydrogen-bond acceptors (Lipinski definition) is 10. The highest BCUT2D eigenvalue weighted by Crippen LogP contribution is 2.65. The molecule has 2 aliphatic carbocycles. The SMILES string of the molecule is CCCCCCCC/C=C/CCCCCCCC(=O)O[C@H](C)C(=O)O[C@@H](C)C(=O)OC1=CC[C@@]2(O)[C@H]3Cc4ccc(O)c5c4C2(CCN3C)C1O5. The number of allylic oxidation sites excluding steroid dienone is 2. The summed E-state index contributed by atoms with van der Waals surface area (Å²) in [4.78, 5) is 40.5. The van der Waals surface area contributed by atoms with E-state index in [0.29, 0.717) is 31.6 Å². The molecule has 10 nitrogen and oxygen atoms in total. The monoisotopic (exact) mass is 709 g/mol. The van der Waals surface area contributed by atoms with Crippen molar-refractivity contribution >= 4 is 17.9 Å². The van der Waals surface area contributed by atoms with E-state index in [4.69, 9.17) is 18.9 Å². The fourth-order valence-corrected chi connectivity index (χ4v) is 8.60. The summed E-state index contributed by atoms with van der Waals surface area (Å²) in [7, 11) is 2.00. The standard InChI is InChI=1S/C41H59NO9/c1-5-6-7-8-9-10-11-12-13-14-15-16-17-18-19-20-34(44)48-28(2)38(45)49-29(3)39(46)50-32-23-24-41(47)33-27-30-21-22-31(43)36-35(30)40(41,37(32)51-36)25-26-42(33)4/h12-13,21-23,28-29,33,37,43,47H,5-11,14-20,24-27H2,1-4H3/b13-12+/t28-,29+,33-,37?,40?,41-/m1/s1. The molecule has 1 aromatic carbocycles. The van der Waals surface area contributed by atoms with E-state index in [9.17, 15) is 24.6 Å². The third-order valence-corrected chi connectivity index (χ3v) is 11.5. The molecule has 0 radical (unpaired) electrons. The second-order valence-electron chi connectivity index (χ2n) is 15.1. The maximum absolute atomic E-state index is 13.2. The summed E-state index contributed by atoms with van der Waals surface area (Å²) < 4.78 is 22.8. The number of hydrogen-bond donors (Lipinski definition) is 2. The lowest BCUT2D eigenvalue weighted by Gasteiger charge is -2.61. The van der Waals surface area contributed by atoms with Gasteiger partial charge in [-0.15, -0.1) is 0 Å². The van der Waals surface area contributed by atoms with E-state index in [1.54, 1.807) is 12.1 Å². The van der Waals surface area contributed by atoms with E-state index in [1.807, 2.05) is 13.1 Å². The fraction of sp³-hybridized carbons (Fsp3) is 0.683. The first-order valence-corrected chi connectivity index (χ1v) is 19.4. The van der Waals surface area contributed by atoms with Crippen molar-refractivity contribution < 1.29 is 43.5 Å². The maximum atomic E-state index is 13.2. The Morgan fingerprint density at radius 2 is 1.59 bits per heavy atom. The van der Waals surface area contributed by atoms with Gasteiger partial charge in [0, 0.05) is 24.4 Å². The lowest BCUT2D eigenvalue weighted by molar-refractivity contribution is -0.180. The normalized spacial score (nSPS) is 25.8. The Morgan fingerprint density at radius 3 is 2.29 bits per heavy atom. The van der Waals surface area contributed by atoms with Crippen molar-refractivity contribution in [2.75, 3.05) is 13.6 Å². The number of phenols is 1. The van der Waals surface area contributed by atoms with Crippen molar-refractivity contribution in [1.29, 1.82) is 0 Å². The average Bonchev–Trinajstić information content (AvgIpc) is 3.46. The minimum atomic E-state index is -1.28. The minimum absolute atomic E-state index is 0.0222. The molecule has 10 heteroatoms. The zero-order valence-electron chi connectivity index (χ0n) is 31.1. The predicted octanol–water partition coefficient (Wildman–Crippen LogP) is 7.11. The van der Waals surface area contributed by atoms with Crippen LogP contribution in [0.15, 0.2) is 36.1 Å². The van der Waals surface area contributed by atoms with Gasteiger partial charge >= 0.3 is 17.9 Å². The van der Waals surface area contributed by atoms with E-state index in [2.05, 4.69) is 24.0 Å². The fourth-order valence-electron chi connectivity index (χ4n) is 8.60. The number of carbonyl (C=O) groups excluding carboxylic acids is 3. The van der Waals surface area contributed by atoms with Crippen LogP contribution in [0.2, 0.25) is 0 Å². The number of ether oxygens (including phenoxy) is 4. The zero-order chi connectivity index (χ0) is 36.6. The molecule has 0 aromatic heterocycles. The van der Waals surface area contributed by atoms with Crippen molar-refractivity contribution in [3.63, 3.8) is 0 Å². The zero-order valence-corrected chi connectivity index (χ0v) is 31.1. The molecular weight excluding hydrogens is 650 g/mol. The van der Waals surface area contributed by atoms with Crippen molar-refractivity contribution in [2.24, 2.45) is 0 Å². The van der Waals surface area contributed by atoms with Crippen LogP contribution < -0.4 is 4.74 Å². The smallest absolute Gasteiger partial charge is 0.352 e. The molecule has 1 saturated heterocycles. The highest BCUT2D eigenvalue weighted by molar-refractivity contribution is 5.83. The number of aromatic hydroxyl groups is 1. The van der Waals surface area contributed by atoms with Gasteiger partial charge in [0.05, 0.1) is 11.0 Å². The summed E-state index contributed by atoms with van der Waals surface area (Å²) in [5.74, 6) is -1.61. The Labute approximate surface area is 303 Å². The van der Waals surface area contributed by atoms with Crippen LogP contribution in [0, 0.1) is 0 Å². The number of piperidine rings is 1. The van der Waals surface area contributed by atoms with Gasteiger partial charge in [0.1, 0.15) is 5.76 Å². The van der Waals surface area contributed by atoms with Crippen LogP contribution in [-0.4, -0.2) is 76.6 Å². The Balaban J connectivity index is 1.01. The molecule has 2 bridgehead atoms. The quantitative estimate of drug-likeness (QED) is 0.0625. The first-order chi connectivity index (χ1) is 24.5. The van der Waals surface area contributed by atoms with Gasteiger partial charge in [0.2, 0.25) is 0 Å². The van der Waals surface area contributed by atoms with Crippen molar-refractivity contribution in [3.8, 4) is 11.5 Å². The summed E-state index contributed by atoms with van der Waals surface area (Å²) in [6, 6.07) is 3.31. The third-order valence-electron chi connectivity index (χ3n) is 11.5.